The van der Waals surface area contributed by atoms with Crippen molar-refractivity contribution in [2.75, 3.05) is 0 Å². The van der Waals surface area contributed by atoms with Crippen LogP contribution in [-0.4, -0.2) is 58.7 Å². The average Bonchev–Trinajstić information content (AvgIpc) is 2.97. The molecule has 1 fully saturated rings. The second-order valence-electron chi connectivity index (χ2n) is 4.93. The Morgan fingerprint density at radius 2 is 2.27 bits per heavy atom. The molecule has 2 unspecified atom stereocenters. The molecule has 0 saturated carbocycles. The highest BCUT2D eigenvalue weighted by atomic mass is 32.2. The van der Waals surface area contributed by atoms with Crippen LogP contribution in [0.4, 0.5) is 0 Å². The quantitative estimate of drug-likeness (QED) is 0.688. The predicted molar refractivity (Wildman–Crippen MR) is 78.2 cm³/mol. The van der Waals surface area contributed by atoms with Gasteiger partial charge in [-0.3, -0.25) is 9.69 Å². The number of aliphatic hydroxyl groups is 1. The first-order valence-corrected chi connectivity index (χ1v) is 8.27. The second-order valence-corrected chi connectivity index (χ2v) is 7.30. The summed E-state index contributed by atoms with van der Waals surface area (Å²) < 4.78 is 2.05. The Balaban J connectivity index is 1.80. The van der Waals surface area contributed by atoms with Crippen molar-refractivity contribution < 1.29 is 19.8 Å². The van der Waals surface area contributed by atoms with Gasteiger partial charge in [-0.25, -0.2) is 9.48 Å². The van der Waals surface area contributed by atoms with E-state index in [4.69, 9.17) is 0 Å². The van der Waals surface area contributed by atoms with Crippen LogP contribution in [-0.2, 0) is 22.4 Å². The number of aliphatic carboxylic acids is 1. The molecule has 2 aliphatic rings. The van der Waals surface area contributed by atoms with Crippen molar-refractivity contribution in [1.29, 1.82) is 0 Å². The lowest BCUT2D eigenvalue weighted by atomic mass is 9.92. The first-order chi connectivity index (χ1) is 10.4. The third-order valence-electron chi connectivity index (χ3n) is 3.51. The summed E-state index contributed by atoms with van der Waals surface area (Å²) in [5, 5.41) is 29.8. The van der Waals surface area contributed by atoms with Crippen molar-refractivity contribution in [2.45, 2.75) is 24.2 Å². The number of fused-ring (bicyclic) bond motifs is 1. The van der Waals surface area contributed by atoms with Gasteiger partial charge in [-0.2, -0.15) is 0 Å². The Labute approximate surface area is 133 Å². The molecular formula is C11H13N5O4S2. The van der Waals surface area contributed by atoms with Gasteiger partial charge in [0.05, 0.1) is 22.0 Å². The molecule has 0 aliphatic carbocycles. The van der Waals surface area contributed by atoms with Crippen LogP contribution < -0.4 is 0 Å². The molecule has 22 heavy (non-hydrogen) atoms. The Hall–Kier alpha value is -1.59. The minimum atomic E-state index is -1.15. The van der Waals surface area contributed by atoms with Gasteiger partial charge < -0.3 is 10.2 Å². The topological polar surface area (TPSA) is 121 Å². The number of amides is 1. The number of carboxylic acid groups (broad SMARTS) is 1. The fourth-order valence-electron chi connectivity index (χ4n) is 2.35. The Morgan fingerprint density at radius 1 is 1.55 bits per heavy atom. The smallest absolute Gasteiger partial charge is 0.354 e. The van der Waals surface area contributed by atoms with Crippen LogP contribution in [0.3, 0.4) is 0 Å². The minimum Gasteiger partial charge on any atom is -0.477 e. The van der Waals surface area contributed by atoms with Crippen molar-refractivity contribution >= 4 is 35.4 Å². The maximum absolute atomic E-state index is 12.0. The third-order valence-corrected chi connectivity index (χ3v) is 6.16. The first-order valence-electron chi connectivity index (χ1n) is 6.41. The van der Waals surface area contributed by atoms with Gasteiger partial charge in [-0.15, -0.1) is 16.9 Å². The number of β-lactam (4-membered cyclic amide) rings is 1. The largest absolute Gasteiger partial charge is 0.477 e. The van der Waals surface area contributed by atoms with Crippen molar-refractivity contribution in [3.63, 3.8) is 0 Å². The van der Waals surface area contributed by atoms with Crippen LogP contribution in [0, 0.1) is 5.92 Å². The standard InChI is InChI=1S/C11H13N5O4S2/c1-4(17)6-8(18)16-7(10(19)20)11(22-9(6)16)21-3-5-12-13-14-15(5)2/h4,6,9,17H,3H2,1-2H3,(H,19,20)/t4?,6?,9-/m1/s1. The molecule has 2 N–H and O–H groups in total. The number of hydrogen-bond donors (Lipinski definition) is 2. The van der Waals surface area contributed by atoms with Crippen molar-refractivity contribution in [3.8, 4) is 0 Å². The van der Waals surface area contributed by atoms with Crippen LogP contribution in [0.2, 0.25) is 0 Å². The summed E-state index contributed by atoms with van der Waals surface area (Å²) in [4.78, 5) is 24.8. The number of carbonyl (C=O) groups excluding carboxylic acids is 1. The van der Waals surface area contributed by atoms with E-state index in [0.29, 0.717) is 15.8 Å². The molecule has 3 rings (SSSR count). The Bertz CT molecular complexity index is 673. The van der Waals surface area contributed by atoms with Crippen molar-refractivity contribution in [2.24, 2.45) is 13.0 Å². The molecule has 1 amide bonds. The monoisotopic (exact) mass is 343 g/mol. The number of carboxylic acids is 1. The van der Waals surface area contributed by atoms with E-state index in [1.807, 2.05) is 0 Å². The van der Waals surface area contributed by atoms with Crippen molar-refractivity contribution in [1.82, 2.24) is 25.1 Å². The molecule has 0 bridgehead atoms. The second kappa shape index (κ2) is 5.56. The number of aromatic nitrogens is 4. The highest BCUT2D eigenvalue weighted by Crippen LogP contribution is 2.54. The number of tetrazole rings is 1. The van der Waals surface area contributed by atoms with Gasteiger partial charge in [0.15, 0.2) is 11.5 Å². The fourth-order valence-corrected chi connectivity index (χ4v) is 5.25. The number of carbonyl (C=O) groups is 2. The summed E-state index contributed by atoms with van der Waals surface area (Å²) in [6.45, 7) is 1.54. The van der Waals surface area contributed by atoms with Gasteiger partial charge in [0.25, 0.3) is 0 Å². The van der Waals surface area contributed by atoms with Crippen LogP contribution in [0.15, 0.2) is 9.93 Å². The van der Waals surface area contributed by atoms with Crippen molar-refractivity contribution in [3.05, 3.63) is 15.8 Å². The van der Waals surface area contributed by atoms with E-state index >= 15 is 0 Å². The van der Waals surface area contributed by atoms with E-state index in [-0.39, 0.29) is 17.0 Å². The SMILES string of the molecule is CC(O)C1C(=O)N2C(C(=O)O)=C(SCc3nnnn3C)S[C@H]12. The zero-order valence-corrected chi connectivity index (χ0v) is 13.3. The molecule has 3 atom stereocenters. The Morgan fingerprint density at radius 3 is 2.82 bits per heavy atom. The number of hydrogen-bond acceptors (Lipinski definition) is 8. The summed E-state index contributed by atoms with van der Waals surface area (Å²) in [5.41, 5.74) is -0.0166. The number of rotatable bonds is 5. The van der Waals surface area contributed by atoms with Gasteiger partial charge in [0.2, 0.25) is 5.91 Å². The van der Waals surface area contributed by atoms with E-state index < -0.39 is 18.0 Å². The molecule has 1 aromatic rings. The van der Waals surface area contributed by atoms with E-state index in [0.717, 1.165) is 0 Å². The third kappa shape index (κ3) is 2.29. The molecule has 3 heterocycles. The molecule has 11 heteroatoms. The van der Waals surface area contributed by atoms with Gasteiger partial charge in [0.1, 0.15) is 5.37 Å². The summed E-state index contributed by atoms with van der Waals surface area (Å²) in [6, 6.07) is 0. The maximum Gasteiger partial charge on any atom is 0.354 e. The van der Waals surface area contributed by atoms with E-state index in [1.165, 1.54) is 40.0 Å². The van der Waals surface area contributed by atoms with E-state index in [1.54, 1.807) is 7.05 Å². The minimum absolute atomic E-state index is 0.0166. The molecule has 1 aromatic heterocycles. The van der Waals surface area contributed by atoms with Gasteiger partial charge >= 0.3 is 5.97 Å². The molecule has 0 spiro atoms. The lowest BCUT2D eigenvalue weighted by Gasteiger charge is -2.43. The van der Waals surface area contributed by atoms with Crippen LogP contribution in [0.25, 0.3) is 0 Å². The Kier molecular flexibility index (Phi) is 3.87. The van der Waals surface area contributed by atoms with Crippen LogP contribution >= 0.6 is 23.5 Å². The molecule has 9 nitrogen and oxygen atoms in total. The van der Waals surface area contributed by atoms with Crippen LogP contribution in [0.1, 0.15) is 12.7 Å². The predicted octanol–water partition coefficient (Wildman–Crippen LogP) is -0.391. The van der Waals surface area contributed by atoms with E-state index in [9.17, 15) is 19.8 Å². The molecule has 0 radical (unpaired) electrons. The number of nitrogens with zero attached hydrogens (tertiary/aromatic N) is 5. The summed E-state index contributed by atoms with van der Waals surface area (Å²) in [7, 11) is 1.70. The highest BCUT2D eigenvalue weighted by molar-refractivity contribution is 8.22. The lowest BCUT2D eigenvalue weighted by Crippen LogP contribution is -2.60. The summed E-state index contributed by atoms with van der Waals surface area (Å²) >= 11 is 2.57. The normalized spacial score (nSPS) is 25.2. The number of thioether (sulfide) groups is 2. The molecule has 1 saturated heterocycles. The molecule has 118 valence electrons. The molecular weight excluding hydrogens is 330 g/mol. The lowest BCUT2D eigenvalue weighted by molar-refractivity contribution is -0.156. The molecule has 0 aromatic carbocycles. The maximum atomic E-state index is 12.0. The summed E-state index contributed by atoms with van der Waals surface area (Å²) in [6.07, 6.45) is -0.802. The van der Waals surface area contributed by atoms with Gasteiger partial charge in [-0.1, -0.05) is 11.8 Å². The van der Waals surface area contributed by atoms with E-state index in [2.05, 4.69) is 15.5 Å². The average molecular weight is 343 g/mol. The molecule has 2 aliphatic heterocycles. The van der Waals surface area contributed by atoms with Gasteiger partial charge in [-0.05, 0) is 17.4 Å². The van der Waals surface area contributed by atoms with Crippen LogP contribution in [0.5, 0.6) is 0 Å². The number of aryl methyl sites for hydroxylation is 1. The van der Waals surface area contributed by atoms with Gasteiger partial charge in [0, 0.05) is 7.05 Å². The first kappa shape index (κ1) is 15.3. The fraction of sp³-hybridized carbons (Fsp3) is 0.545. The zero-order chi connectivity index (χ0) is 16.0. The highest BCUT2D eigenvalue weighted by Gasteiger charge is 2.57. The summed E-state index contributed by atoms with van der Waals surface area (Å²) in [5.74, 6) is -1.05. The zero-order valence-electron chi connectivity index (χ0n) is 11.7. The number of aliphatic hydroxyl groups excluding tert-OH is 1.